The van der Waals surface area contributed by atoms with Gasteiger partial charge in [-0.15, -0.1) is 0 Å². The lowest BCUT2D eigenvalue weighted by atomic mass is 10.1. The number of halogens is 1. The van der Waals surface area contributed by atoms with E-state index >= 15 is 0 Å². The summed E-state index contributed by atoms with van der Waals surface area (Å²) in [5.74, 6) is 0. The van der Waals surface area contributed by atoms with Gasteiger partial charge in [0.1, 0.15) is 0 Å². The van der Waals surface area contributed by atoms with E-state index in [0.29, 0.717) is 0 Å². The average Bonchev–Trinajstić information content (AvgIpc) is 2.59. The van der Waals surface area contributed by atoms with Crippen molar-refractivity contribution in [1.82, 2.24) is 9.78 Å². The van der Waals surface area contributed by atoms with Crippen LogP contribution < -0.4 is 0 Å². The summed E-state index contributed by atoms with van der Waals surface area (Å²) in [5, 5.41) is 5.14. The zero-order valence-electron chi connectivity index (χ0n) is 7.50. The predicted octanol–water partition coefficient (Wildman–Crippen LogP) is 2.53. The number of rotatable bonds is 2. The minimum atomic E-state index is -0.558. The Hall–Kier alpha value is -1.38. The van der Waals surface area contributed by atoms with Crippen LogP contribution in [0.1, 0.15) is 12.5 Å². The van der Waals surface area contributed by atoms with Crippen molar-refractivity contribution in [3.8, 4) is 0 Å². The SMILES string of the molecule is CCc1cccc2nn(CF)cc12. The molecule has 13 heavy (non-hydrogen) atoms. The summed E-state index contributed by atoms with van der Waals surface area (Å²) >= 11 is 0. The second-order valence-corrected chi connectivity index (χ2v) is 2.99. The quantitative estimate of drug-likeness (QED) is 0.691. The van der Waals surface area contributed by atoms with E-state index in [1.165, 1.54) is 10.2 Å². The van der Waals surface area contributed by atoms with Gasteiger partial charge in [-0.2, -0.15) is 5.10 Å². The molecule has 2 rings (SSSR count). The highest BCUT2D eigenvalue weighted by molar-refractivity contribution is 5.81. The van der Waals surface area contributed by atoms with Gasteiger partial charge in [-0.1, -0.05) is 19.1 Å². The fraction of sp³-hybridized carbons (Fsp3) is 0.300. The Morgan fingerprint density at radius 1 is 1.46 bits per heavy atom. The fourth-order valence-electron chi connectivity index (χ4n) is 1.52. The molecule has 1 heterocycles. The fourth-order valence-corrected chi connectivity index (χ4v) is 1.52. The molecule has 0 radical (unpaired) electrons. The van der Waals surface area contributed by atoms with Gasteiger partial charge in [0.25, 0.3) is 0 Å². The van der Waals surface area contributed by atoms with Crippen LogP contribution in [0.15, 0.2) is 24.4 Å². The Balaban J connectivity index is 2.67. The third kappa shape index (κ3) is 1.30. The van der Waals surface area contributed by atoms with Crippen molar-refractivity contribution in [2.75, 3.05) is 0 Å². The first-order chi connectivity index (χ1) is 6.35. The molecule has 1 aromatic carbocycles. The van der Waals surface area contributed by atoms with Gasteiger partial charge in [-0.25, -0.2) is 9.07 Å². The molecule has 2 nitrogen and oxygen atoms in total. The number of aryl methyl sites for hydroxylation is 1. The summed E-state index contributed by atoms with van der Waals surface area (Å²) in [7, 11) is 0. The van der Waals surface area contributed by atoms with Crippen LogP contribution in [0.4, 0.5) is 4.39 Å². The minimum absolute atomic E-state index is 0.558. The summed E-state index contributed by atoms with van der Waals surface area (Å²) < 4.78 is 13.6. The third-order valence-electron chi connectivity index (χ3n) is 2.19. The van der Waals surface area contributed by atoms with Crippen LogP contribution in [0.5, 0.6) is 0 Å². The molecule has 0 aliphatic rings. The Morgan fingerprint density at radius 2 is 2.31 bits per heavy atom. The van der Waals surface area contributed by atoms with E-state index < -0.39 is 6.80 Å². The molecule has 0 saturated carbocycles. The molecule has 1 aromatic heterocycles. The molecule has 68 valence electrons. The molecule has 0 aliphatic carbocycles. The number of fused-ring (bicyclic) bond motifs is 1. The summed E-state index contributed by atoms with van der Waals surface area (Å²) in [6.45, 7) is 1.53. The number of aromatic nitrogens is 2. The largest absolute Gasteiger partial charge is 0.241 e. The monoisotopic (exact) mass is 178 g/mol. The van der Waals surface area contributed by atoms with Gasteiger partial charge >= 0.3 is 0 Å². The maximum atomic E-state index is 12.3. The second kappa shape index (κ2) is 3.17. The van der Waals surface area contributed by atoms with Crippen LogP contribution in [0.3, 0.4) is 0 Å². The second-order valence-electron chi connectivity index (χ2n) is 2.99. The van der Waals surface area contributed by atoms with Crippen LogP contribution in [0, 0.1) is 0 Å². The number of alkyl halides is 1. The first kappa shape index (κ1) is 8.23. The summed E-state index contributed by atoms with van der Waals surface area (Å²) in [5.41, 5.74) is 2.09. The molecule has 0 N–H and O–H groups in total. The maximum Gasteiger partial charge on any atom is 0.181 e. The molecule has 0 bridgehead atoms. The lowest BCUT2D eigenvalue weighted by molar-refractivity contribution is 0.351. The van der Waals surface area contributed by atoms with Crippen molar-refractivity contribution in [3.05, 3.63) is 30.0 Å². The van der Waals surface area contributed by atoms with E-state index in [-0.39, 0.29) is 0 Å². The van der Waals surface area contributed by atoms with Crippen molar-refractivity contribution in [1.29, 1.82) is 0 Å². The summed E-state index contributed by atoms with van der Waals surface area (Å²) in [6.07, 6.45) is 2.71. The van der Waals surface area contributed by atoms with Gasteiger partial charge in [0.15, 0.2) is 6.80 Å². The van der Waals surface area contributed by atoms with E-state index in [0.717, 1.165) is 17.3 Å². The first-order valence-electron chi connectivity index (χ1n) is 4.36. The highest BCUT2D eigenvalue weighted by atomic mass is 19.1. The minimum Gasteiger partial charge on any atom is -0.241 e. The zero-order valence-corrected chi connectivity index (χ0v) is 7.50. The van der Waals surface area contributed by atoms with E-state index in [1.54, 1.807) is 6.20 Å². The average molecular weight is 178 g/mol. The number of hydrogen-bond donors (Lipinski definition) is 0. The van der Waals surface area contributed by atoms with Crippen molar-refractivity contribution in [3.63, 3.8) is 0 Å². The molecule has 0 saturated heterocycles. The van der Waals surface area contributed by atoms with Crippen LogP contribution in [0.2, 0.25) is 0 Å². The van der Waals surface area contributed by atoms with Gasteiger partial charge in [-0.3, -0.25) is 0 Å². The molecule has 0 atom stereocenters. The van der Waals surface area contributed by atoms with Crippen molar-refractivity contribution in [2.45, 2.75) is 20.1 Å². The van der Waals surface area contributed by atoms with Gasteiger partial charge < -0.3 is 0 Å². The zero-order chi connectivity index (χ0) is 9.26. The molecule has 0 fully saturated rings. The lowest BCUT2D eigenvalue weighted by Gasteiger charge is -1.95. The Morgan fingerprint density at radius 3 is 3.00 bits per heavy atom. The van der Waals surface area contributed by atoms with E-state index in [4.69, 9.17) is 0 Å². The highest BCUT2D eigenvalue weighted by Gasteiger charge is 2.03. The smallest absolute Gasteiger partial charge is 0.181 e. The maximum absolute atomic E-state index is 12.3. The summed E-state index contributed by atoms with van der Waals surface area (Å²) in [4.78, 5) is 0. The van der Waals surface area contributed by atoms with Crippen molar-refractivity contribution < 1.29 is 4.39 Å². The van der Waals surface area contributed by atoms with Gasteiger partial charge in [0.05, 0.1) is 5.52 Å². The number of nitrogens with zero attached hydrogens (tertiary/aromatic N) is 2. The normalized spacial score (nSPS) is 10.9. The van der Waals surface area contributed by atoms with E-state index in [1.807, 2.05) is 18.2 Å². The molecule has 2 aromatic rings. The predicted molar refractivity (Wildman–Crippen MR) is 50.2 cm³/mol. The Kier molecular flexibility index (Phi) is 2.00. The molecular weight excluding hydrogens is 167 g/mol. The highest BCUT2D eigenvalue weighted by Crippen LogP contribution is 2.17. The van der Waals surface area contributed by atoms with Crippen molar-refractivity contribution in [2.24, 2.45) is 0 Å². The molecule has 0 aliphatic heterocycles. The van der Waals surface area contributed by atoms with E-state index in [9.17, 15) is 4.39 Å². The molecular formula is C10H11FN2. The van der Waals surface area contributed by atoms with Crippen LogP contribution in [-0.4, -0.2) is 9.78 Å². The van der Waals surface area contributed by atoms with Crippen LogP contribution >= 0.6 is 0 Å². The summed E-state index contributed by atoms with van der Waals surface area (Å²) in [6, 6.07) is 5.91. The number of hydrogen-bond acceptors (Lipinski definition) is 1. The van der Waals surface area contributed by atoms with Crippen LogP contribution in [0.25, 0.3) is 10.9 Å². The topological polar surface area (TPSA) is 17.8 Å². The van der Waals surface area contributed by atoms with Crippen LogP contribution in [-0.2, 0) is 13.2 Å². The molecule has 0 amide bonds. The van der Waals surface area contributed by atoms with Crippen molar-refractivity contribution >= 4 is 10.9 Å². The lowest BCUT2D eigenvalue weighted by Crippen LogP contribution is -1.90. The molecule has 3 heteroatoms. The Bertz CT molecular complexity index is 420. The van der Waals surface area contributed by atoms with Gasteiger partial charge in [0, 0.05) is 11.6 Å². The molecule has 0 unspecified atom stereocenters. The molecule has 0 spiro atoms. The first-order valence-corrected chi connectivity index (χ1v) is 4.36. The Labute approximate surface area is 76.0 Å². The van der Waals surface area contributed by atoms with Gasteiger partial charge in [-0.05, 0) is 18.1 Å². The third-order valence-corrected chi connectivity index (χ3v) is 2.19. The standard InChI is InChI=1S/C10H11FN2/c1-2-8-4-3-5-10-9(8)6-13(7-11)12-10/h3-6H,2,7H2,1H3. The van der Waals surface area contributed by atoms with Gasteiger partial charge in [0.2, 0.25) is 0 Å². The van der Waals surface area contributed by atoms with E-state index in [2.05, 4.69) is 12.0 Å². The number of benzene rings is 1.